The number of aliphatic hydroxyl groups is 1. The first-order chi connectivity index (χ1) is 9.12. The van der Waals surface area contributed by atoms with Gasteiger partial charge >= 0.3 is 6.18 Å². The minimum atomic E-state index is -4.32. The molecule has 0 aromatic heterocycles. The van der Waals surface area contributed by atoms with Crippen LogP contribution in [-0.2, 0) is 6.18 Å². The number of hydrogen-bond acceptors (Lipinski definition) is 2. The van der Waals surface area contributed by atoms with E-state index in [9.17, 15) is 18.3 Å². The second-order valence-electron chi connectivity index (χ2n) is 6.14. The fraction of sp³-hybridized carbons (Fsp3) is 0.600. The van der Waals surface area contributed by atoms with Crippen LogP contribution in [0.3, 0.4) is 0 Å². The van der Waals surface area contributed by atoms with Gasteiger partial charge < -0.3 is 10.4 Å². The minimum absolute atomic E-state index is 0.113. The van der Waals surface area contributed by atoms with E-state index in [1.54, 1.807) is 6.07 Å². The molecule has 1 aromatic carbocycles. The molecule has 1 aliphatic rings. The van der Waals surface area contributed by atoms with Gasteiger partial charge in [0, 0.05) is 17.5 Å². The second kappa shape index (κ2) is 5.04. The lowest BCUT2D eigenvalue weighted by Crippen LogP contribution is -2.60. The topological polar surface area (TPSA) is 32.3 Å². The van der Waals surface area contributed by atoms with Crippen LogP contribution < -0.4 is 5.32 Å². The summed E-state index contributed by atoms with van der Waals surface area (Å²) in [6.45, 7) is 5.76. The number of nitrogens with one attached hydrogen (secondary N) is 1. The monoisotopic (exact) mass is 287 g/mol. The average molecular weight is 287 g/mol. The van der Waals surface area contributed by atoms with Crippen molar-refractivity contribution in [2.75, 3.05) is 0 Å². The van der Waals surface area contributed by atoms with Gasteiger partial charge in [-0.2, -0.15) is 13.2 Å². The molecule has 1 aromatic rings. The van der Waals surface area contributed by atoms with Crippen molar-refractivity contribution in [3.05, 3.63) is 35.4 Å². The van der Waals surface area contributed by atoms with Gasteiger partial charge in [0.05, 0.1) is 11.7 Å². The average Bonchev–Trinajstić information content (AvgIpc) is 2.37. The Labute approximate surface area is 117 Å². The molecule has 3 atom stereocenters. The van der Waals surface area contributed by atoms with Gasteiger partial charge in [-0.3, -0.25) is 0 Å². The first-order valence-corrected chi connectivity index (χ1v) is 6.73. The Hall–Kier alpha value is -1.07. The van der Waals surface area contributed by atoms with Crippen molar-refractivity contribution in [1.82, 2.24) is 5.32 Å². The first-order valence-electron chi connectivity index (χ1n) is 6.73. The molecule has 112 valence electrons. The zero-order chi connectivity index (χ0) is 15.1. The maximum Gasteiger partial charge on any atom is 0.416 e. The standard InChI is InChI=1S/C15H20F3NO/c1-9(19-12-8-13(20)14(12,2)3)10-5-4-6-11(7-10)15(16,17)18/h4-7,9,12-13,19-20H,8H2,1-3H3. The highest BCUT2D eigenvalue weighted by Crippen LogP contribution is 2.41. The van der Waals surface area contributed by atoms with E-state index >= 15 is 0 Å². The van der Waals surface area contributed by atoms with Crippen LogP contribution in [-0.4, -0.2) is 17.3 Å². The molecule has 0 amide bonds. The Morgan fingerprint density at radius 2 is 2.00 bits per heavy atom. The van der Waals surface area contributed by atoms with E-state index in [0.717, 1.165) is 6.07 Å². The Morgan fingerprint density at radius 3 is 2.50 bits per heavy atom. The molecule has 0 aliphatic heterocycles. The van der Waals surface area contributed by atoms with E-state index in [1.807, 2.05) is 20.8 Å². The summed E-state index contributed by atoms with van der Waals surface area (Å²) >= 11 is 0. The lowest BCUT2D eigenvalue weighted by atomic mass is 9.64. The molecule has 1 aliphatic carbocycles. The van der Waals surface area contributed by atoms with Crippen molar-refractivity contribution in [3.8, 4) is 0 Å². The molecule has 20 heavy (non-hydrogen) atoms. The predicted molar refractivity (Wildman–Crippen MR) is 71.2 cm³/mol. The molecule has 1 fully saturated rings. The van der Waals surface area contributed by atoms with Crippen LogP contribution >= 0.6 is 0 Å². The summed E-state index contributed by atoms with van der Waals surface area (Å²) in [5, 5.41) is 13.0. The highest BCUT2D eigenvalue weighted by molar-refractivity contribution is 5.28. The molecule has 1 saturated carbocycles. The summed E-state index contributed by atoms with van der Waals surface area (Å²) in [4.78, 5) is 0. The van der Waals surface area contributed by atoms with E-state index in [1.165, 1.54) is 12.1 Å². The van der Waals surface area contributed by atoms with Gasteiger partial charge in [-0.15, -0.1) is 0 Å². The Bertz CT molecular complexity index is 484. The van der Waals surface area contributed by atoms with Gasteiger partial charge in [0.25, 0.3) is 0 Å². The summed E-state index contributed by atoms with van der Waals surface area (Å²) in [6.07, 6.45) is -4.04. The number of benzene rings is 1. The third-order valence-electron chi connectivity index (χ3n) is 4.38. The number of rotatable bonds is 3. The molecule has 0 saturated heterocycles. The SMILES string of the molecule is CC(NC1CC(O)C1(C)C)c1cccc(C(F)(F)F)c1. The molecule has 5 heteroatoms. The summed E-state index contributed by atoms with van der Waals surface area (Å²) in [6, 6.07) is 5.30. The molecule has 2 nitrogen and oxygen atoms in total. The van der Waals surface area contributed by atoms with E-state index in [4.69, 9.17) is 0 Å². The fourth-order valence-corrected chi connectivity index (χ4v) is 2.57. The Morgan fingerprint density at radius 1 is 1.35 bits per heavy atom. The van der Waals surface area contributed by atoms with Crippen LogP contribution in [0.25, 0.3) is 0 Å². The molecular formula is C15H20F3NO. The van der Waals surface area contributed by atoms with E-state index in [0.29, 0.717) is 12.0 Å². The maximum absolute atomic E-state index is 12.7. The second-order valence-corrected chi connectivity index (χ2v) is 6.14. The molecule has 0 bridgehead atoms. The summed E-state index contributed by atoms with van der Waals surface area (Å²) in [5.74, 6) is 0. The smallest absolute Gasteiger partial charge is 0.392 e. The van der Waals surface area contributed by atoms with Crippen LogP contribution in [0.2, 0.25) is 0 Å². The van der Waals surface area contributed by atoms with E-state index in [2.05, 4.69) is 5.32 Å². The van der Waals surface area contributed by atoms with E-state index < -0.39 is 11.7 Å². The molecule has 2 rings (SSSR count). The van der Waals surface area contributed by atoms with Gasteiger partial charge in [0.15, 0.2) is 0 Å². The third-order valence-corrected chi connectivity index (χ3v) is 4.38. The number of aliphatic hydroxyl groups excluding tert-OH is 1. The van der Waals surface area contributed by atoms with Gasteiger partial charge in [-0.05, 0) is 31.0 Å². The summed E-state index contributed by atoms with van der Waals surface area (Å²) in [5.41, 5.74) is -0.260. The number of halogens is 3. The van der Waals surface area contributed by atoms with Crippen LogP contribution in [0.5, 0.6) is 0 Å². The normalized spacial score (nSPS) is 26.9. The van der Waals surface area contributed by atoms with Crippen molar-refractivity contribution in [1.29, 1.82) is 0 Å². The third kappa shape index (κ3) is 2.83. The van der Waals surface area contributed by atoms with Crippen molar-refractivity contribution < 1.29 is 18.3 Å². The van der Waals surface area contributed by atoms with Gasteiger partial charge in [0.1, 0.15) is 0 Å². The molecule has 2 N–H and O–H groups in total. The summed E-state index contributed by atoms with van der Waals surface area (Å²) in [7, 11) is 0. The number of alkyl halides is 3. The quantitative estimate of drug-likeness (QED) is 0.891. The lowest BCUT2D eigenvalue weighted by Gasteiger charge is -2.50. The Kier molecular flexibility index (Phi) is 3.86. The van der Waals surface area contributed by atoms with Gasteiger partial charge in [-0.25, -0.2) is 0 Å². The zero-order valence-electron chi connectivity index (χ0n) is 11.8. The van der Waals surface area contributed by atoms with Crippen molar-refractivity contribution in [3.63, 3.8) is 0 Å². The van der Waals surface area contributed by atoms with Crippen molar-refractivity contribution >= 4 is 0 Å². The van der Waals surface area contributed by atoms with Crippen LogP contribution in [0.4, 0.5) is 13.2 Å². The molecule has 0 spiro atoms. The van der Waals surface area contributed by atoms with E-state index in [-0.39, 0.29) is 23.6 Å². The van der Waals surface area contributed by atoms with Crippen LogP contribution in [0.1, 0.15) is 44.4 Å². The minimum Gasteiger partial charge on any atom is -0.392 e. The molecule has 3 unspecified atom stereocenters. The summed E-state index contributed by atoms with van der Waals surface area (Å²) < 4.78 is 38.1. The lowest BCUT2D eigenvalue weighted by molar-refractivity contribution is -0.137. The highest BCUT2D eigenvalue weighted by atomic mass is 19.4. The predicted octanol–water partition coefficient (Wildman–Crippen LogP) is 3.52. The number of hydrogen-bond donors (Lipinski definition) is 2. The molecule has 0 radical (unpaired) electrons. The van der Waals surface area contributed by atoms with Gasteiger partial charge in [0.2, 0.25) is 0 Å². The zero-order valence-corrected chi connectivity index (χ0v) is 11.8. The first kappa shape index (κ1) is 15.3. The van der Waals surface area contributed by atoms with Crippen molar-refractivity contribution in [2.45, 2.75) is 51.6 Å². The van der Waals surface area contributed by atoms with Gasteiger partial charge in [-0.1, -0.05) is 26.0 Å². The maximum atomic E-state index is 12.7. The van der Waals surface area contributed by atoms with Crippen molar-refractivity contribution in [2.24, 2.45) is 5.41 Å². The fourth-order valence-electron chi connectivity index (χ4n) is 2.57. The molecular weight excluding hydrogens is 267 g/mol. The van der Waals surface area contributed by atoms with Crippen LogP contribution in [0.15, 0.2) is 24.3 Å². The highest BCUT2D eigenvalue weighted by Gasteiger charge is 2.47. The van der Waals surface area contributed by atoms with Crippen LogP contribution in [0, 0.1) is 5.41 Å². The molecule has 0 heterocycles. The Balaban J connectivity index is 2.09. The largest absolute Gasteiger partial charge is 0.416 e.